The number of hydrogen-bond donors (Lipinski definition) is 0. The summed E-state index contributed by atoms with van der Waals surface area (Å²) in [6.45, 7) is 7.38. The van der Waals surface area contributed by atoms with Crippen molar-refractivity contribution in [1.29, 1.82) is 0 Å². The van der Waals surface area contributed by atoms with Crippen molar-refractivity contribution in [3.8, 4) is 22.3 Å². The molecule has 1 aliphatic rings. The number of alkyl halides is 3. The molecule has 1 aliphatic heterocycles. The summed E-state index contributed by atoms with van der Waals surface area (Å²) in [5.41, 5.74) is 6.44. The summed E-state index contributed by atoms with van der Waals surface area (Å²) < 4.78 is 51.1. The predicted octanol–water partition coefficient (Wildman–Crippen LogP) is 9.49. The minimum Gasteiger partial charge on any atom is -0.465 e. The number of carbonyl (C=O) groups excluding carboxylic acids is 2. The van der Waals surface area contributed by atoms with Gasteiger partial charge in [-0.25, -0.2) is 9.59 Å². The molecule has 0 bridgehead atoms. The first-order valence-corrected chi connectivity index (χ1v) is 14.4. The number of esters is 1. The van der Waals surface area contributed by atoms with Crippen molar-refractivity contribution < 1.29 is 32.2 Å². The zero-order valence-corrected chi connectivity index (χ0v) is 25.6. The number of hydrogen-bond acceptors (Lipinski definition) is 4. The number of ether oxygens (including phenoxy) is 2. The van der Waals surface area contributed by atoms with Crippen molar-refractivity contribution >= 4 is 23.7 Å². The van der Waals surface area contributed by atoms with E-state index in [1.165, 1.54) is 12.0 Å². The topological polar surface area (TPSA) is 55.8 Å². The van der Waals surface area contributed by atoms with Crippen LogP contribution in [0.15, 0.2) is 72.8 Å². The number of amides is 1. The van der Waals surface area contributed by atoms with Crippen LogP contribution in [-0.4, -0.2) is 30.1 Å². The summed E-state index contributed by atoms with van der Waals surface area (Å²) in [4.78, 5) is 26.7. The number of aryl methyl sites for hydroxylation is 3. The molecule has 1 heterocycles. The van der Waals surface area contributed by atoms with Crippen LogP contribution in [0.4, 0.5) is 18.0 Å². The SMILES string of the molecule is COC(=O)c1ccc(-c2ccc(Cl)c(-c3ccc(C)cc3CN3C(=O)O[C@H](c4cc(C)cc(C(F)(F)F)c4)[C@@H]3C)c2)c(C)c1. The Morgan fingerprint density at radius 2 is 1.64 bits per heavy atom. The van der Waals surface area contributed by atoms with Gasteiger partial charge >= 0.3 is 18.2 Å². The lowest BCUT2D eigenvalue weighted by molar-refractivity contribution is -0.137. The molecule has 1 saturated heterocycles. The minimum atomic E-state index is -4.52. The average molecular weight is 622 g/mol. The first kappa shape index (κ1) is 31.1. The third kappa shape index (κ3) is 6.17. The van der Waals surface area contributed by atoms with Crippen molar-refractivity contribution in [1.82, 2.24) is 4.90 Å². The Morgan fingerprint density at radius 1 is 0.909 bits per heavy atom. The Bertz CT molecular complexity index is 1770. The maximum absolute atomic E-state index is 13.5. The average Bonchev–Trinajstić information content (AvgIpc) is 3.25. The molecule has 1 fully saturated rings. The smallest absolute Gasteiger partial charge is 0.416 e. The first-order chi connectivity index (χ1) is 20.8. The van der Waals surface area contributed by atoms with Crippen LogP contribution in [0, 0.1) is 20.8 Å². The molecular formula is C35H31ClF3NO4. The monoisotopic (exact) mass is 621 g/mol. The second-order valence-electron chi connectivity index (χ2n) is 11.2. The molecule has 9 heteroatoms. The molecule has 44 heavy (non-hydrogen) atoms. The molecular weight excluding hydrogens is 591 g/mol. The summed E-state index contributed by atoms with van der Waals surface area (Å²) in [5.74, 6) is -0.416. The number of benzene rings is 4. The van der Waals surface area contributed by atoms with Gasteiger partial charge in [-0.15, -0.1) is 0 Å². The van der Waals surface area contributed by atoms with Crippen molar-refractivity contribution in [2.75, 3.05) is 7.11 Å². The third-order valence-electron chi connectivity index (χ3n) is 7.96. The largest absolute Gasteiger partial charge is 0.465 e. The van der Waals surface area contributed by atoms with Gasteiger partial charge in [-0.2, -0.15) is 13.2 Å². The van der Waals surface area contributed by atoms with Crippen LogP contribution in [0.5, 0.6) is 0 Å². The van der Waals surface area contributed by atoms with E-state index in [2.05, 4.69) is 0 Å². The molecule has 0 spiro atoms. The van der Waals surface area contributed by atoms with E-state index in [-0.39, 0.29) is 6.54 Å². The lowest BCUT2D eigenvalue weighted by atomic mass is 9.92. The molecule has 0 aliphatic carbocycles. The van der Waals surface area contributed by atoms with E-state index < -0.39 is 35.9 Å². The molecule has 2 atom stereocenters. The van der Waals surface area contributed by atoms with Gasteiger partial charge in [0.05, 0.1) is 30.8 Å². The highest BCUT2D eigenvalue weighted by atomic mass is 35.5. The van der Waals surface area contributed by atoms with E-state index in [9.17, 15) is 22.8 Å². The van der Waals surface area contributed by atoms with E-state index in [0.29, 0.717) is 21.7 Å². The van der Waals surface area contributed by atoms with Crippen LogP contribution in [0.2, 0.25) is 5.02 Å². The summed E-state index contributed by atoms with van der Waals surface area (Å²) in [6, 6.07) is 20.1. The van der Waals surface area contributed by atoms with E-state index in [4.69, 9.17) is 21.1 Å². The van der Waals surface area contributed by atoms with Gasteiger partial charge in [0.1, 0.15) is 6.10 Å². The quantitative estimate of drug-likeness (QED) is 0.201. The fourth-order valence-corrected chi connectivity index (χ4v) is 5.95. The van der Waals surface area contributed by atoms with Gasteiger partial charge < -0.3 is 9.47 Å². The van der Waals surface area contributed by atoms with Gasteiger partial charge in [0.25, 0.3) is 0 Å². The number of carbonyl (C=O) groups is 2. The molecule has 5 nitrogen and oxygen atoms in total. The van der Waals surface area contributed by atoms with Gasteiger partial charge in [0, 0.05) is 10.6 Å². The molecule has 0 aromatic heterocycles. The molecule has 0 saturated carbocycles. The Balaban J connectivity index is 1.49. The van der Waals surface area contributed by atoms with E-state index >= 15 is 0 Å². The highest BCUT2D eigenvalue weighted by molar-refractivity contribution is 6.33. The Morgan fingerprint density at radius 3 is 2.32 bits per heavy atom. The predicted molar refractivity (Wildman–Crippen MR) is 164 cm³/mol. The molecule has 4 aromatic rings. The Hall–Kier alpha value is -4.30. The van der Waals surface area contributed by atoms with Crippen LogP contribution in [0.1, 0.15) is 56.8 Å². The summed E-state index contributed by atoms with van der Waals surface area (Å²) in [6.07, 6.45) is -5.98. The Labute approximate surface area is 259 Å². The molecule has 0 radical (unpaired) electrons. The van der Waals surface area contributed by atoms with Gasteiger partial charge in [-0.05, 0) is 97.5 Å². The van der Waals surface area contributed by atoms with E-state index in [0.717, 1.165) is 51.1 Å². The normalized spacial score (nSPS) is 16.7. The summed E-state index contributed by atoms with van der Waals surface area (Å²) in [5, 5.41) is 0.511. The fourth-order valence-electron chi connectivity index (χ4n) is 5.73. The second kappa shape index (κ2) is 12.0. The molecule has 1 amide bonds. The summed E-state index contributed by atoms with van der Waals surface area (Å²) in [7, 11) is 1.34. The van der Waals surface area contributed by atoms with Crippen LogP contribution < -0.4 is 0 Å². The minimum absolute atomic E-state index is 0.166. The van der Waals surface area contributed by atoms with Gasteiger partial charge in [-0.1, -0.05) is 59.1 Å². The highest BCUT2D eigenvalue weighted by Gasteiger charge is 2.41. The molecule has 4 aromatic carbocycles. The standard InChI is InChI=1S/C35H31ClF3NO4/c1-19-6-9-29(30-17-23(8-11-31(30)36)28-10-7-24(15-21(28)3)33(41)43-5)26(12-19)18-40-22(4)32(44-34(40)42)25-13-20(2)14-27(16-25)35(37,38)39/h6-17,22,32H,18H2,1-5H3/t22-,32-/m0/s1. The van der Waals surface area contributed by atoms with E-state index in [1.807, 2.05) is 56.3 Å². The van der Waals surface area contributed by atoms with Crippen LogP contribution in [0.25, 0.3) is 22.3 Å². The van der Waals surface area contributed by atoms with Crippen molar-refractivity contribution in [3.05, 3.63) is 117 Å². The number of halogens is 4. The molecule has 0 unspecified atom stereocenters. The van der Waals surface area contributed by atoms with Crippen molar-refractivity contribution in [2.45, 2.75) is 52.6 Å². The molecule has 228 valence electrons. The third-order valence-corrected chi connectivity index (χ3v) is 8.29. The highest BCUT2D eigenvalue weighted by Crippen LogP contribution is 2.40. The van der Waals surface area contributed by atoms with Crippen molar-refractivity contribution in [3.63, 3.8) is 0 Å². The summed E-state index contributed by atoms with van der Waals surface area (Å²) >= 11 is 6.74. The fraction of sp³-hybridized carbons (Fsp3) is 0.257. The molecule has 0 N–H and O–H groups in total. The van der Waals surface area contributed by atoms with Crippen molar-refractivity contribution in [2.24, 2.45) is 0 Å². The van der Waals surface area contributed by atoms with Crippen LogP contribution in [0.3, 0.4) is 0 Å². The van der Waals surface area contributed by atoms with Gasteiger partial charge in [0.2, 0.25) is 0 Å². The second-order valence-corrected chi connectivity index (χ2v) is 11.6. The maximum atomic E-state index is 13.5. The lowest BCUT2D eigenvalue weighted by Gasteiger charge is -2.23. The van der Waals surface area contributed by atoms with Crippen LogP contribution >= 0.6 is 11.6 Å². The van der Waals surface area contributed by atoms with Crippen LogP contribution in [-0.2, 0) is 22.2 Å². The molecule has 5 rings (SSSR count). The first-order valence-electron chi connectivity index (χ1n) is 14.0. The van der Waals surface area contributed by atoms with Gasteiger partial charge in [0.15, 0.2) is 0 Å². The Kier molecular flexibility index (Phi) is 8.49. The number of methoxy groups -OCH3 is 1. The maximum Gasteiger partial charge on any atom is 0.416 e. The van der Waals surface area contributed by atoms with Gasteiger partial charge in [-0.3, -0.25) is 4.90 Å². The zero-order chi connectivity index (χ0) is 31.9. The number of rotatable bonds is 6. The zero-order valence-electron chi connectivity index (χ0n) is 24.9. The lowest BCUT2D eigenvalue weighted by Crippen LogP contribution is -2.31. The number of nitrogens with zero attached hydrogens (tertiary/aromatic N) is 1. The number of cyclic esters (lactones) is 1. The van der Waals surface area contributed by atoms with E-state index in [1.54, 1.807) is 32.0 Å².